The van der Waals surface area contributed by atoms with Gasteiger partial charge < -0.3 is 14.2 Å². The molecule has 0 bridgehead atoms. The predicted molar refractivity (Wildman–Crippen MR) is 317 cm³/mol. The lowest BCUT2D eigenvalue weighted by Crippen LogP contribution is -2.30. The summed E-state index contributed by atoms with van der Waals surface area (Å²) in [6.45, 7) is 6.69. The molecule has 0 aromatic heterocycles. The SMILES string of the molecule is CCCCCCCCCCCCCCCCCCCCCCCCCCC(=O)OCC(COC(=O)CCCCCCCCC)OC(=O)CCCCCCCCCCCCCCCCCCCCCCCCCC. The van der Waals surface area contributed by atoms with E-state index in [0.717, 1.165) is 57.8 Å². The Labute approximate surface area is 457 Å². The average Bonchev–Trinajstić information content (AvgIpc) is 3.39. The summed E-state index contributed by atoms with van der Waals surface area (Å²) in [5.41, 5.74) is 0. The first-order chi connectivity index (χ1) is 36.0. The van der Waals surface area contributed by atoms with Crippen molar-refractivity contribution in [2.24, 2.45) is 0 Å². The molecule has 73 heavy (non-hydrogen) atoms. The summed E-state index contributed by atoms with van der Waals surface area (Å²) in [5, 5.41) is 0. The van der Waals surface area contributed by atoms with Gasteiger partial charge in [-0.1, -0.05) is 355 Å². The number of carbonyl (C=O) groups is 3. The highest BCUT2D eigenvalue weighted by Gasteiger charge is 2.19. The molecule has 0 saturated heterocycles. The lowest BCUT2D eigenvalue weighted by molar-refractivity contribution is -0.167. The van der Waals surface area contributed by atoms with Crippen molar-refractivity contribution in [3.63, 3.8) is 0 Å². The summed E-state index contributed by atoms with van der Waals surface area (Å²) in [6, 6.07) is 0. The fourth-order valence-electron chi connectivity index (χ4n) is 10.6. The summed E-state index contributed by atoms with van der Waals surface area (Å²) < 4.78 is 16.9. The zero-order chi connectivity index (χ0) is 52.9. The maximum atomic E-state index is 12.9. The van der Waals surface area contributed by atoms with Gasteiger partial charge in [-0.3, -0.25) is 14.4 Å². The third kappa shape index (κ3) is 61.1. The molecule has 0 aromatic rings. The van der Waals surface area contributed by atoms with Crippen LogP contribution in [0.4, 0.5) is 0 Å². The minimum atomic E-state index is -0.761. The Morgan fingerprint density at radius 3 is 0.548 bits per heavy atom. The van der Waals surface area contributed by atoms with E-state index in [4.69, 9.17) is 14.2 Å². The molecule has 0 saturated carbocycles. The summed E-state index contributed by atoms with van der Waals surface area (Å²) in [6.07, 6.45) is 73.0. The monoisotopic (exact) mass is 1030 g/mol. The third-order valence-corrected chi connectivity index (χ3v) is 15.6. The van der Waals surface area contributed by atoms with Gasteiger partial charge in [0.2, 0.25) is 0 Å². The number of esters is 3. The summed E-state index contributed by atoms with van der Waals surface area (Å²) in [7, 11) is 0. The van der Waals surface area contributed by atoms with Crippen LogP contribution >= 0.6 is 0 Å². The first kappa shape index (κ1) is 71.4. The Bertz CT molecular complexity index is 1090. The number of ether oxygens (including phenoxy) is 3. The minimum Gasteiger partial charge on any atom is -0.462 e. The summed E-state index contributed by atoms with van der Waals surface area (Å²) >= 11 is 0. The first-order valence-corrected chi connectivity index (χ1v) is 33.5. The van der Waals surface area contributed by atoms with E-state index >= 15 is 0 Å². The van der Waals surface area contributed by atoms with Gasteiger partial charge in [0.05, 0.1) is 0 Å². The van der Waals surface area contributed by atoms with Gasteiger partial charge in [-0.25, -0.2) is 0 Å². The highest BCUT2D eigenvalue weighted by atomic mass is 16.6. The normalized spacial score (nSPS) is 11.9. The number of hydrogen-bond acceptors (Lipinski definition) is 6. The lowest BCUT2D eigenvalue weighted by atomic mass is 10.0. The van der Waals surface area contributed by atoms with Crippen LogP contribution < -0.4 is 0 Å². The number of hydrogen-bond donors (Lipinski definition) is 0. The molecule has 1 atom stereocenters. The van der Waals surface area contributed by atoms with Crippen molar-refractivity contribution in [1.82, 2.24) is 0 Å². The fraction of sp³-hybridized carbons (Fsp3) is 0.955. The molecular weight excluding hydrogens is 901 g/mol. The predicted octanol–water partition coefficient (Wildman–Crippen LogP) is 22.7. The largest absolute Gasteiger partial charge is 0.462 e. The molecule has 0 aliphatic rings. The van der Waals surface area contributed by atoms with Crippen LogP contribution in [0, 0.1) is 0 Å². The van der Waals surface area contributed by atoms with E-state index in [0.29, 0.717) is 19.3 Å². The van der Waals surface area contributed by atoms with Gasteiger partial charge in [-0.15, -0.1) is 0 Å². The van der Waals surface area contributed by atoms with Gasteiger partial charge in [0, 0.05) is 19.3 Å². The van der Waals surface area contributed by atoms with Crippen LogP contribution in [-0.2, 0) is 28.6 Å². The van der Waals surface area contributed by atoms with Crippen LogP contribution in [0.1, 0.15) is 393 Å². The second-order valence-electron chi connectivity index (χ2n) is 23.1. The van der Waals surface area contributed by atoms with E-state index in [1.54, 1.807) is 0 Å². The molecule has 0 aromatic carbocycles. The molecule has 0 amide bonds. The smallest absolute Gasteiger partial charge is 0.306 e. The van der Waals surface area contributed by atoms with Crippen LogP contribution in [0.3, 0.4) is 0 Å². The van der Waals surface area contributed by atoms with Crippen molar-refractivity contribution in [2.75, 3.05) is 13.2 Å². The molecule has 0 aliphatic heterocycles. The van der Waals surface area contributed by atoms with Crippen LogP contribution in [0.25, 0.3) is 0 Å². The van der Waals surface area contributed by atoms with Crippen molar-refractivity contribution in [2.45, 2.75) is 399 Å². The Kier molecular flexibility index (Phi) is 61.6. The molecule has 434 valence electrons. The van der Waals surface area contributed by atoms with E-state index in [2.05, 4.69) is 20.8 Å². The molecule has 0 spiro atoms. The second-order valence-corrected chi connectivity index (χ2v) is 23.1. The highest BCUT2D eigenvalue weighted by molar-refractivity contribution is 5.71. The Morgan fingerprint density at radius 2 is 0.370 bits per heavy atom. The van der Waals surface area contributed by atoms with Crippen molar-refractivity contribution < 1.29 is 28.6 Å². The van der Waals surface area contributed by atoms with Gasteiger partial charge in [-0.05, 0) is 19.3 Å². The average molecular weight is 1030 g/mol. The van der Waals surface area contributed by atoms with E-state index in [9.17, 15) is 14.4 Å². The minimum absolute atomic E-state index is 0.0614. The van der Waals surface area contributed by atoms with Crippen molar-refractivity contribution in [3.8, 4) is 0 Å². The fourth-order valence-corrected chi connectivity index (χ4v) is 10.6. The Morgan fingerprint density at radius 1 is 0.219 bits per heavy atom. The topological polar surface area (TPSA) is 78.9 Å². The van der Waals surface area contributed by atoms with Crippen LogP contribution in [0.5, 0.6) is 0 Å². The number of rotatable bonds is 63. The van der Waals surface area contributed by atoms with Gasteiger partial charge in [0.25, 0.3) is 0 Å². The molecular formula is C67H130O6. The zero-order valence-electron chi connectivity index (χ0n) is 50.0. The quantitative estimate of drug-likeness (QED) is 0.0343. The first-order valence-electron chi connectivity index (χ1n) is 33.5. The standard InChI is InChI=1S/C67H130O6/c1-4-7-10-13-16-18-20-22-24-26-28-30-32-34-36-38-40-42-44-46-48-51-54-57-60-66(69)72-63-64(62-71-65(68)59-56-53-50-15-12-9-6-3)73-67(70)61-58-55-52-49-47-45-43-41-39-37-35-33-31-29-27-25-23-21-19-17-14-11-8-5-2/h64H,4-63H2,1-3H3. The molecule has 0 heterocycles. The second kappa shape index (κ2) is 62.9. The van der Waals surface area contributed by atoms with Crippen LogP contribution in [-0.4, -0.2) is 37.2 Å². The molecule has 6 nitrogen and oxygen atoms in total. The molecule has 0 N–H and O–H groups in total. The Balaban J connectivity index is 4.03. The molecule has 0 rings (SSSR count). The maximum absolute atomic E-state index is 12.9. The molecule has 0 aliphatic carbocycles. The van der Waals surface area contributed by atoms with E-state index in [1.807, 2.05) is 0 Å². The van der Waals surface area contributed by atoms with Gasteiger partial charge in [0.15, 0.2) is 6.10 Å². The molecule has 1 unspecified atom stereocenters. The van der Waals surface area contributed by atoms with E-state index in [1.165, 1.54) is 295 Å². The van der Waals surface area contributed by atoms with Crippen molar-refractivity contribution in [3.05, 3.63) is 0 Å². The number of unbranched alkanes of at least 4 members (excludes halogenated alkanes) is 52. The zero-order valence-corrected chi connectivity index (χ0v) is 50.0. The van der Waals surface area contributed by atoms with Crippen molar-refractivity contribution in [1.29, 1.82) is 0 Å². The van der Waals surface area contributed by atoms with Gasteiger partial charge in [0.1, 0.15) is 13.2 Å². The van der Waals surface area contributed by atoms with E-state index < -0.39 is 6.10 Å². The molecule has 0 fully saturated rings. The Hall–Kier alpha value is -1.59. The maximum Gasteiger partial charge on any atom is 0.306 e. The lowest BCUT2D eigenvalue weighted by Gasteiger charge is -2.18. The summed E-state index contributed by atoms with van der Waals surface area (Å²) in [5.74, 6) is -0.835. The third-order valence-electron chi connectivity index (χ3n) is 15.6. The number of carbonyl (C=O) groups excluding carboxylic acids is 3. The highest BCUT2D eigenvalue weighted by Crippen LogP contribution is 2.19. The van der Waals surface area contributed by atoms with Gasteiger partial charge >= 0.3 is 17.9 Å². The van der Waals surface area contributed by atoms with E-state index in [-0.39, 0.29) is 31.1 Å². The van der Waals surface area contributed by atoms with Crippen molar-refractivity contribution >= 4 is 17.9 Å². The summed E-state index contributed by atoms with van der Waals surface area (Å²) in [4.78, 5) is 38.1. The van der Waals surface area contributed by atoms with Crippen LogP contribution in [0.2, 0.25) is 0 Å². The van der Waals surface area contributed by atoms with Gasteiger partial charge in [-0.2, -0.15) is 0 Å². The van der Waals surface area contributed by atoms with Crippen LogP contribution in [0.15, 0.2) is 0 Å². The molecule has 0 radical (unpaired) electrons. The molecule has 6 heteroatoms.